The zero-order valence-corrected chi connectivity index (χ0v) is 10.6. The van der Waals surface area contributed by atoms with Crippen LogP contribution in [0.25, 0.3) is 10.9 Å². The summed E-state index contributed by atoms with van der Waals surface area (Å²) in [5.74, 6) is -0.913. The van der Waals surface area contributed by atoms with E-state index in [1.54, 1.807) is 6.07 Å². The summed E-state index contributed by atoms with van der Waals surface area (Å²) in [6, 6.07) is 3.62. The van der Waals surface area contributed by atoms with Gasteiger partial charge < -0.3 is 14.8 Å². The van der Waals surface area contributed by atoms with Gasteiger partial charge >= 0.3 is 5.97 Å². The molecule has 4 nitrogen and oxygen atoms in total. The fraction of sp³-hybridized carbons (Fsp3) is 0.357. The van der Waals surface area contributed by atoms with Crippen LogP contribution in [0.4, 0.5) is 0 Å². The van der Waals surface area contributed by atoms with Gasteiger partial charge in [-0.05, 0) is 36.6 Å². The van der Waals surface area contributed by atoms with Gasteiger partial charge in [0.1, 0.15) is 0 Å². The number of nitrogens with zero attached hydrogens (tertiary/aromatic N) is 1. The van der Waals surface area contributed by atoms with E-state index in [2.05, 4.69) is 6.92 Å². The molecule has 0 spiro atoms. The molecule has 0 amide bonds. The molecule has 4 heteroatoms. The quantitative estimate of drug-likeness (QED) is 0.870. The maximum Gasteiger partial charge on any atom is 0.336 e. The number of hydrogen-bond donors (Lipinski definition) is 2. The Labute approximate surface area is 105 Å². The van der Waals surface area contributed by atoms with Crippen LogP contribution in [-0.4, -0.2) is 27.4 Å². The molecule has 0 radical (unpaired) electrons. The Morgan fingerprint density at radius 2 is 2.11 bits per heavy atom. The SMILES string of the molecule is CCc1cn(CCO)c2cc(C(=O)O)c(C)cc12. The van der Waals surface area contributed by atoms with Crippen LogP contribution in [0, 0.1) is 6.92 Å². The molecule has 0 fully saturated rings. The lowest BCUT2D eigenvalue weighted by Crippen LogP contribution is -2.03. The van der Waals surface area contributed by atoms with Crippen molar-refractivity contribution in [2.45, 2.75) is 26.8 Å². The van der Waals surface area contributed by atoms with Gasteiger partial charge in [-0.1, -0.05) is 6.92 Å². The van der Waals surface area contributed by atoms with Gasteiger partial charge in [-0.2, -0.15) is 0 Å². The zero-order valence-electron chi connectivity index (χ0n) is 10.6. The molecule has 0 aliphatic heterocycles. The Morgan fingerprint density at radius 1 is 1.39 bits per heavy atom. The minimum atomic E-state index is -0.913. The first-order valence-corrected chi connectivity index (χ1v) is 6.05. The van der Waals surface area contributed by atoms with Gasteiger partial charge in [0.2, 0.25) is 0 Å². The summed E-state index contributed by atoms with van der Waals surface area (Å²) < 4.78 is 1.92. The van der Waals surface area contributed by atoms with Crippen molar-refractivity contribution in [1.82, 2.24) is 4.57 Å². The molecule has 0 aliphatic carbocycles. The number of aromatic carboxylic acids is 1. The molecule has 0 saturated heterocycles. The normalized spacial score (nSPS) is 11.1. The molecule has 96 valence electrons. The van der Waals surface area contributed by atoms with E-state index in [1.165, 1.54) is 5.56 Å². The number of fused-ring (bicyclic) bond motifs is 1. The largest absolute Gasteiger partial charge is 0.478 e. The number of carbonyl (C=O) groups is 1. The van der Waals surface area contributed by atoms with Crippen LogP contribution in [0.5, 0.6) is 0 Å². The predicted molar refractivity (Wildman–Crippen MR) is 70.1 cm³/mol. The Kier molecular flexibility index (Phi) is 3.39. The summed E-state index contributed by atoms with van der Waals surface area (Å²) in [7, 11) is 0. The maximum atomic E-state index is 11.2. The van der Waals surface area contributed by atoms with Gasteiger partial charge in [0.15, 0.2) is 0 Å². The average molecular weight is 247 g/mol. The molecule has 0 bridgehead atoms. The smallest absolute Gasteiger partial charge is 0.336 e. The van der Waals surface area contributed by atoms with Crippen molar-refractivity contribution in [2.75, 3.05) is 6.61 Å². The third-order valence-electron chi connectivity index (χ3n) is 3.26. The fourth-order valence-electron chi connectivity index (χ4n) is 2.32. The molecule has 18 heavy (non-hydrogen) atoms. The van der Waals surface area contributed by atoms with E-state index in [4.69, 9.17) is 10.2 Å². The Morgan fingerprint density at radius 3 is 2.67 bits per heavy atom. The molecule has 2 N–H and O–H groups in total. The summed E-state index contributed by atoms with van der Waals surface area (Å²) in [6.07, 6.45) is 2.88. The number of hydrogen-bond acceptors (Lipinski definition) is 2. The third-order valence-corrected chi connectivity index (χ3v) is 3.26. The molecule has 1 heterocycles. The molecule has 0 unspecified atom stereocenters. The van der Waals surface area contributed by atoms with E-state index in [9.17, 15) is 4.79 Å². The second-order valence-corrected chi connectivity index (χ2v) is 4.41. The summed E-state index contributed by atoms with van der Waals surface area (Å²) in [5, 5.41) is 19.3. The van der Waals surface area contributed by atoms with E-state index in [0.29, 0.717) is 12.1 Å². The van der Waals surface area contributed by atoms with Crippen molar-refractivity contribution >= 4 is 16.9 Å². The van der Waals surface area contributed by atoms with Crippen LogP contribution < -0.4 is 0 Å². The van der Waals surface area contributed by atoms with Gasteiger partial charge in [-0.15, -0.1) is 0 Å². The Balaban J connectivity index is 2.72. The van der Waals surface area contributed by atoms with Gasteiger partial charge in [-0.3, -0.25) is 0 Å². The summed E-state index contributed by atoms with van der Waals surface area (Å²) in [5.41, 5.74) is 3.15. The summed E-state index contributed by atoms with van der Waals surface area (Å²) in [4.78, 5) is 11.2. The van der Waals surface area contributed by atoms with E-state index >= 15 is 0 Å². The molecule has 1 aromatic carbocycles. The molecular weight excluding hydrogens is 230 g/mol. The van der Waals surface area contributed by atoms with Crippen molar-refractivity contribution in [3.05, 3.63) is 35.0 Å². The lowest BCUT2D eigenvalue weighted by Gasteiger charge is -2.05. The number of aliphatic hydroxyl groups is 1. The number of aryl methyl sites for hydroxylation is 2. The van der Waals surface area contributed by atoms with E-state index in [0.717, 1.165) is 22.9 Å². The van der Waals surface area contributed by atoms with Crippen LogP contribution >= 0.6 is 0 Å². The first kappa shape index (κ1) is 12.6. The molecule has 1 aromatic heterocycles. The number of carboxylic acids is 1. The summed E-state index contributed by atoms with van der Waals surface area (Å²) >= 11 is 0. The standard InChI is InChI=1S/C14H17NO3/c1-3-10-8-15(4-5-16)13-7-11(14(17)18)9(2)6-12(10)13/h6-8,16H,3-5H2,1-2H3,(H,17,18). The predicted octanol–water partition coefficient (Wildman–Crippen LogP) is 2.20. The zero-order chi connectivity index (χ0) is 13.3. The number of rotatable bonds is 4. The summed E-state index contributed by atoms with van der Waals surface area (Å²) in [6.45, 7) is 4.41. The molecule has 2 rings (SSSR count). The highest BCUT2D eigenvalue weighted by Gasteiger charge is 2.13. The Hall–Kier alpha value is -1.81. The Bertz CT molecular complexity index is 599. The highest BCUT2D eigenvalue weighted by molar-refractivity contribution is 5.96. The minimum absolute atomic E-state index is 0.0449. The van der Waals surface area contributed by atoms with E-state index in [1.807, 2.05) is 23.8 Å². The molecule has 0 saturated carbocycles. The number of aliphatic hydroxyl groups excluding tert-OH is 1. The van der Waals surface area contributed by atoms with E-state index < -0.39 is 5.97 Å². The molecule has 0 atom stereocenters. The van der Waals surface area contributed by atoms with Crippen molar-refractivity contribution in [2.24, 2.45) is 0 Å². The number of aromatic nitrogens is 1. The maximum absolute atomic E-state index is 11.2. The molecule has 2 aromatic rings. The third kappa shape index (κ3) is 1.99. The number of carboxylic acid groups (broad SMARTS) is 1. The topological polar surface area (TPSA) is 62.5 Å². The van der Waals surface area contributed by atoms with Crippen molar-refractivity contribution in [3.8, 4) is 0 Å². The van der Waals surface area contributed by atoms with Crippen LogP contribution in [0.2, 0.25) is 0 Å². The second-order valence-electron chi connectivity index (χ2n) is 4.41. The highest BCUT2D eigenvalue weighted by atomic mass is 16.4. The van der Waals surface area contributed by atoms with Crippen LogP contribution in [0.15, 0.2) is 18.3 Å². The number of benzene rings is 1. The lowest BCUT2D eigenvalue weighted by atomic mass is 10.0. The van der Waals surface area contributed by atoms with Crippen LogP contribution in [0.3, 0.4) is 0 Å². The second kappa shape index (κ2) is 4.82. The van der Waals surface area contributed by atoms with Crippen molar-refractivity contribution < 1.29 is 15.0 Å². The van der Waals surface area contributed by atoms with E-state index in [-0.39, 0.29) is 6.61 Å². The van der Waals surface area contributed by atoms with Gasteiger partial charge in [0.25, 0.3) is 0 Å². The minimum Gasteiger partial charge on any atom is -0.478 e. The monoisotopic (exact) mass is 247 g/mol. The van der Waals surface area contributed by atoms with Crippen molar-refractivity contribution in [1.29, 1.82) is 0 Å². The van der Waals surface area contributed by atoms with Crippen LogP contribution in [0.1, 0.15) is 28.4 Å². The van der Waals surface area contributed by atoms with Gasteiger partial charge in [0, 0.05) is 23.6 Å². The van der Waals surface area contributed by atoms with Crippen LogP contribution in [-0.2, 0) is 13.0 Å². The highest BCUT2D eigenvalue weighted by Crippen LogP contribution is 2.25. The molecular formula is C14H17NO3. The first-order chi connectivity index (χ1) is 8.58. The lowest BCUT2D eigenvalue weighted by molar-refractivity contribution is 0.0696. The fourth-order valence-corrected chi connectivity index (χ4v) is 2.32. The molecule has 0 aliphatic rings. The van der Waals surface area contributed by atoms with Crippen molar-refractivity contribution in [3.63, 3.8) is 0 Å². The average Bonchev–Trinajstić information content (AvgIpc) is 2.66. The van der Waals surface area contributed by atoms with Gasteiger partial charge in [0.05, 0.1) is 12.2 Å². The first-order valence-electron chi connectivity index (χ1n) is 6.05. The van der Waals surface area contributed by atoms with Gasteiger partial charge in [-0.25, -0.2) is 4.79 Å².